The fourth-order valence-electron chi connectivity index (χ4n) is 1.79. The van der Waals surface area contributed by atoms with E-state index < -0.39 is 6.10 Å². The SMILES string of the molecule is CCC(COC(C)CCCCC(C)O)OCC(C)O. The second-order valence-electron chi connectivity index (χ2n) is 5.49. The van der Waals surface area contributed by atoms with Crippen LogP contribution in [0.5, 0.6) is 0 Å². The van der Waals surface area contributed by atoms with Crippen molar-refractivity contribution in [2.75, 3.05) is 13.2 Å². The number of hydrogen-bond donors (Lipinski definition) is 2. The van der Waals surface area contributed by atoms with Gasteiger partial charge in [0.05, 0.1) is 37.6 Å². The van der Waals surface area contributed by atoms with Gasteiger partial charge < -0.3 is 19.7 Å². The van der Waals surface area contributed by atoms with Crippen molar-refractivity contribution < 1.29 is 19.7 Å². The lowest BCUT2D eigenvalue weighted by Crippen LogP contribution is -2.25. The van der Waals surface area contributed by atoms with Crippen LogP contribution in [0.4, 0.5) is 0 Å². The highest BCUT2D eigenvalue weighted by Gasteiger charge is 2.11. The molecule has 0 amide bonds. The van der Waals surface area contributed by atoms with Gasteiger partial charge in [0, 0.05) is 0 Å². The number of ether oxygens (including phenoxy) is 2. The first-order valence-corrected chi connectivity index (χ1v) is 7.55. The van der Waals surface area contributed by atoms with Crippen LogP contribution >= 0.6 is 0 Å². The van der Waals surface area contributed by atoms with Crippen molar-refractivity contribution in [2.24, 2.45) is 0 Å². The topological polar surface area (TPSA) is 58.9 Å². The molecule has 0 aromatic rings. The Balaban J connectivity index is 3.59. The number of aliphatic hydroxyl groups is 2. The van der Waals surface area contributed by atoms with Crippen LogP contribution in [0.2, 0.25) is 0 Å². The molecule has 0 aliphatic rings. The van der Waals surface area contributed by atoms with Crippen molar-refractivity contribution >= 4 is 0 Å². The van der Waals surface area contributed by atoms with E-state index in [0.29, 0.717) is 13.2 Å². The van der Waals surface area contributed by atoms with Gasteiger partial charge in [0.2, 0.25) is 0 Å². The zero-order valence-electron chi connectivity index (χ0n) is 13.0. The third-order valence-electron chi connectivity index (χ3n) is 3.08. The Labute approximate surface area is 118 Å². The lowest BCUT2D eigenvalue weighted by Gasteiger charge is -2.20. The predicted octanol–water partition coefficient (Wildman–Crippen LogP) is 2.51. The summed E-state index contributed by atoms with van der Waals surface area (Å²) in [6.07, 6.45) is 4.55. The van der Waals surface area contributed by atoms with E-state index in [1.807, 2.05) is 6.92 Å². The highest BCUT2D eigenvalue weighted by molar-refractivity contribution is 4.59. The summed E-state index contributed by atoms with van der Waals surface area (Å²) in [5, 5.41) is 18.3. The number of hydrogen-bond acceptors (Lipinski definition) is 4. The van der Waals surface area contributed by atoms with Gasteiger partial charge in [0.1, 0.15) is 0 Å². The average Bonchev–Trinajstić information content (AvgIpc) is 2.34. The van der Waals surface area contributed by atoms with Gasteiger partial charge in [-0.2, -0.15) is 0 Å². The van der Waals surface area contributed by atoms with Gasteiger partial charge in [0.25, 0.3) is 0 Å². The van der Waals surface area contributed by atoms with E-state index >= 15 is 0 Å². The van der Waals surface area contributed by atoms with Gasteiger partial charge in [-0.3, -0.25) is 0 Å². The summed E-state index contributed by atoms with van der Waals surface area (Å²) < 4.78 is 11.3. The molecule has 19 heavy (non-hydrogen) atoms. The molecule has 0 aromatic carbocycles. The lowest BCUT2D eigenvalue weighted by atomic mass is 10.1. The van der Waals surface area contributed by atoms with Crippen molar-refractivity contribution in [1.82, 2.24) is 0 Å². The van der Waals surface area contributed by atoms with Gasteiger partial charge >= 0.3 is 0 Å². The molecule has 0 saturated heterocycles. The second-order valence-corrected chi connectivity index (χ2v) is 5.49. The summed E-state index contributed by atoms with van der Waals surface area (Å²) in [6, 6.07) is 0. The molecule has 4 unspecified atom stereocenters. The first kappa shape index (κ1) is 18.8. The zero-order chi connectivity index (χ0) is 14.7. The average molecular weight is 276 g/mol. The minimum Gasteiger partial charge on any atom is -0.393 e. The Kier molecular flexibility index (Phi) is 11.6. The molecule has 0 aromatic heterocycles. The molecule has 4 atom stereocenters. The summed E-state index contributed by atoms with van der Waals surface area (Å²) in [7, 11) is 0. The van der Waals surface area contributed by atoms with Crippen LogP contribution in [0, 0.1) is 0 Å². The molecule has 0 bridgehead atoms. The van der Waals surface area contributed by atoms with Gasteiger partial charge in [-0.15, -0.1) is 0 Å². The Morgan fingerprint density at radius 2 is 1.47 bits per heavy atom. The van der Waals surface area contributed by atoms with Gasteiger partial charge in [-0.1, -0.05) is 19.8 Å². The molecule has 116 valence electrons. The van der Waals surface area contributed by atoms with Crippen LogP contribution in [-0.2, 0) is 9.47 Å². The Hall–Kier alpha value is -0.160. The van der Waals surface area contributed by atoms with E-state index in [4.69, 9.17) is 14.6 Å². The predicted molar refractivity (Wildman–Crippen MR) is 77.3 cm³/mol. The van der Waals surface area contributed by atoms with E-state index in [-0.39, 0.29) is 18.3 Å². The monoisotopic (exact) mass is 276 g/mol. The molecule has 2 N–H and O–H groups in total. The standard InChI is InChI=1S/C15H32O4/c1-5-15(19-10-13(3)17)11-18-14(4)9-7-6-8-12(2)16/h12-17H,5-11H2,1-4H3. The van der Waals surface area contributed by atoms with Crippen LogP contribution in [0.3, 0.4) is 0 Å². The Morgan fingerprint density at radius 1 is 0.842 bits per heavy atom. The number of unbranched alkanes of at least 4 members (excludes halogenated alkanes) is 1. The Morgan fingerprint density at radius 3 is 2.00 bits per heavy atom. The minimum absolute atomic E-state index is 0.0644. The number of rotatable bonds is 12. The number of aliphatic hydroxyl groups excluding tert-OH is 2. The maximum Gasteiger partial charge on any atom is 0.0807 e. The zero-order valence-corrected chi connectivity index (χ0v) is 13.0. The van der Waals surface area contributed by atoms with Crippen LogP contribution in [0.25, 0.3) is 0 Å². The summed E-state index contributed by atoms with van der Waals surface area (Å²) in [5.74, 6) is 0. The quantitative estimate of drug-likeness (QED) is 0.538. The molecule has 4 heteroatoms. The maximum atomic E-state index is 9.18. The summed E-state index contributed by atoms with van der Waals surface area (Å²) in [5.41, 5.74) is 0. The smallest absolute Gasteiger partial charge is 0.0807 e. The van der Waals surface area contributed by atoms with Gasteiger partial charge in [-0.05, 0) is 40.0 Å². The van der Waals surface area contributed by atoms with Crippen molar-refractivity contribution in [1.29, 1.82) is 0 Å². The molecule has 0 radical (unpaired) electrons. The van der Waals surface area contributed by atoms with E-state index in [1.54, 1.807) is 6.92 Å². The van der Waals surface area contributed by atoms with Gasteiger partial charge in [0.15, 0.2) is 0 Å². The molecule has 0 fully saturated rings. The molecular formula is C15H32O4. The van der Waals surface area contributed by atoms with Crippen LogP contribution in [-0.4, -0.2) is 47.8 Å². The molecule has 0 aliphatic carbocycles. The highest BCUT2D eigenvalue weighted by Crippen LogP contribution is 2.10. The first-order valence-electron chi connectivity index (χ1n) is 7.55. The van der Waals surface area contributed by atoms with Crippen molar-refractivity contribution in [3.63, 3.8) is 0 Å². The highest BCUT2D eigenvalue weighted by atomic mass is 16.5. The lowest BCUT2D eigenvalue weighted by molar-refractivity contribution is -0.0629. The Bertz CT molecular complexity index is 195. The van der Waals surface area contributed by atoms with Crippen LogP contribution in [0.1, 0.15) is 59.8 Å². The third-order valence-corrected chi connectivity index (χ3v) is 3.08. The summed E-state index contributed by atoms with van der Waals surface area (Å²) >= 11 is 0. The first-order chi connectivity index (χ1) is 8.95. The van der Waals surface area contributed by atoms with E-state index in [2.05, 4.69) is 13.8 Å². The van der Waals surface area contributed by atoms with Crippen LogP contribution < -0.4 is 0 Å². The molecule has 0 spiro atoms. The molecule has 0 aliphatic heterocycles. The van der Waals surface area contributed by atoms with Crippen LogP contribution in [0.15, 0.2) is 0 Å². The van der Waals surface area contributed by atoms with Gasteiger partial charge in [-0.25, -0.2) is 0 Å². The minimum atomic E-state index is -0.424. The normalized spacial score (nSPS) is 18.0. The fraction of sp³-hybridized carbons (Fsp3) is 1.00. The maximum absolute atomic E-state index is 9.18. The fourth-order valence-corrected chi connectivity index (χ4v) is 1.79. The molecular weight excluding hydrogens is 244 g/mol. The molecule has 0 rings (SSSR count). The third kappa shape index (κ3) is 12.6. The van der Waals surface area contributed by atoms with E-state index in [0.717, 1.165) is 32.1 Å². The summed E-state index contributed by atoms with van der Waals surface area (Å²) in [4.78, 5) is 0. The molecule has 0 saturated carbocycles. The second kappa shape index (κ2) is 11.6. The van der Waals surface area contributed by atoms with E-state index in [9.17, 15) is 5.11 Å². The van der Waals surface area contributed by atoms with Crippen molar-refractivity contribution in [3.8, 4) is 0 Å². The largest absolute Gasteiger partial charge is 0.393 e. The molecule has 4 nitrogen and oxygen atoms in total. The van der Waals surface area contributed by atoms with Crippen molar-refractivity contribution in [2.45, 2.75) is 84.2 Å². The van der Waals surface area contributed by atoms with E-state index in [1.165, 1.54) is 0 Å². The summed E-state index contributed by atoms with van der Waals surface area (Å²) in [6.45, 7) is 8.63. The molecule has 0 heterocycles. The van der Waals surface area contributed by atoms with Crippen molar-refractivity contribution in [3.05, 3.63) is 0 Å².